The summed E-state index contributed by atoms with van der Waals surface area (Å²) in [4.78, 5) is 24.5. The summed E-state index contributed by atoms with van der Waals surface area (Å²) in [5.74, 6) is -0.0271. The van der Waals surface area contributed by atoms with Gasteiger partial charge in [0.1, 0.15) is 0 Å². The maximum Gasteiger partial charge on any atom is 0.305 e. The molecule has 0 aromatic heterocycles. The lowest BCUT2D eigenvalue weighted by atomic mass is 10.0. The molecule has 0 aromatic carbocycles. The molecule has 2 unspecified atom stereocenters. The Bertz CT molecular complexity index is 1020. The van der Waals surface area contributed by atoms with Crippen molar-refractivity contribution in [3.05, 3.63) is 12.2 Å². The molecular formula is C62H121NO5. The van der Waals surface area contributed by atoms with Gasteiger partial charge in [-0.05, 0) is 51.4 Å². The molecule has 0 saturated heterocycles. The number of amides is 1. The molecule has 0 aliphatic carbocycles. The number of allylic oxidation sites excluding steroid dienone is 2. The average molecular weight is 961 g/mol. The zero-order valence-electron chi connectivity index (χ0n) is 46.1. The molecule has 6 nitrogen and oxygen atoms in total. The Morgan fingerprint density at radius 3 is 1.04 bits per heavy atom. The first kappa shape index (κ1) is 66.6. The van der Waals surface area contributed by atoms with Gasteiger partial charge >= 0.3 is 5.97 Å². The average Bonchev–Trinajstić information content (AvgIpc) is 3.34. The zero-order valence-corrected chi connectivity index (χ0v) is 46.1. The highest BCUT2D eigenvalue weighted by molar-refractivity contribution is 5.76. The van der Waals surface area contributed by atoms with Gasteiger partial charge in [0.25, 0.3) is 0 Å². The van der Waals surface area contributed by atoms with Gasteiger partial charge in [-0.3, -0.25) is 9.59 Å². The number of carbonyl (C=O) groups excluding carboxylic acids is 2. The van der Waals surface area contributed by atoms with Crippen molar-refractivity contribution in [2.75, 3.05) is 13.2 Å². The number of aliphatic hydroxyl groups is 2. The van der Waals surface area contributed by atoms with Gasteiger partial charge in [0.05, 0.1) is 25.4 Å². The van der Waals surface area contributed by atoms with Gasteiger partial charge < -0.3 is 20.3 Å². The van der Waals surface area contributed by atoms with E-state index >= 15 is 0 Å². The van der Waals surface area contributed by atoms with Gasteiger partial charge in [0.2, 0.25) is 5.91 Å². The van der Waals surface area contributed by atoms with E-state index in [4.69, 9.17) is 4.74 Å². The SMILES string of the molecule is CCCCCCCCCCCCCCCCCCCCCC(=O)OCCCCCCCCCCCCC/C=C\CCCCCCCCCC(=O)NC(CO)C(O)CCCCCCCCCCCC. The normalized spacial score (nSPS) is 12.6. The van der Waals surface area contributed by atoms with Crippen molar-refractivity contribution in [2.24, 2.45) is 0 Å². The van der Waals surface area contributed by atoms with E-state index in [2.05, 4.69) is 31.3 Å². The first-order valence-electron chi connectivity index (χ1n) is 30.9. The van der Waals surface area contributed by atoms with Gasteiger partial charge in [-0.1, -0.05) is 296 Å². The van der Waals surface area contributed by atoms with E-state index in [-0.39, 0.29) is 18.5 Å². The van der Waals surface area contributed by atoms with Crippen LogP contribution in [0, 0.1) is 0 Å². The summed E-state index contributed by atoms with van der Waals surface area (Å²) < 4.78 is 5.50. The smallest absolute Gasteiger partial charge is 0.305 e. The van der Waals surface area contributed by atoms with Crippen molar-refractivity contribution in [3.8, 4) is 0 Å². The minimum absolute atomic E-state index is 0.0152. The summed E-state index contributed by atoms with van der Waals surface area (Å²) in [5, 5.41) is 23.1. The second-order valence-electron chi connectivity index (χ2n) is 21.4. The first-order valence-corrected chi connectivity index (χ1v) is 30.9. The maximum absolute atomic E-state index is 12.4. The molecule has 0 rings (SSSR count). The van der Waals surface area contributed by atoms with Crippen molar-refractivity contribution in [3.63, 3.8) is 0 Å². The molecule has 0 aliphatic rings. The monoisotopic (exact) mass is 960 g/mol. The van der Waals surface area contributed by atoms with Gasteiger partial charge in [-0.2, -0.15) is 0 Å². The summed E-state index contributed by atoms with van der Waals surface area (Å²) in [6.45, 7) is 4.96. The second kappa shape index (κ2) is 58.2. The molecule has 0 heterocycles. The summed E-state index contributed by atoms with van der Waals surface area (Å²) in [7, 11) is 0. The zero-order chi connectivity index (χ0) is 49.3. The third-order valence-electron chi connectivity index (χ3n) is 14.6. The highest BCUT2D eigenvalue weighted by Crippen LogP contribution is 2.18. The van der Waals surface area contributed by atoms with Crippen molar-refractivity contribution in [1.82, 2.24) is 5.32 Å². The van der Waals surface area contributed by atoms with E-state index in [1.54, 1.807) is 0 Å². The van der Waals surface area contributed by atoms with Crippen molar-refractivity contribution in [1.29, 1.82) is 0 Å². The quantitative estimate of drug-likeness (QED) is 0.0321. The topological polar surface area (TPSA) is 95.9 Å². The fourth-order valence-corrected chi connectivity index (χ4v) is 9.81. The van der Waals surface area contributed by atoms with Crippen molar-refractivity contribution in [2.45, 2.75) is 360 Å². The Kier molecular flexibility index (Phi) is 57.0. The molecule has 3 N–H and O–H groups in total. The molecule has 0 aliphatic heterocycles. The predicted molar refractivity (Wildman–Crippen MR) is 297 cm³/mol. The van der Waals surface area contributed by atoms with Crippen LogP contribution < -0.4 is 5.32 Å². The van der Waals surface area contributed by atoms with Crippen LogP contribution in [-0.2, 0) is 14.3 Å². The number of nitrogens with one attached hydrogen (secondary N) is 1. The predicted octanol–water partition coefficient (Wildman–Crippen LogP) is 19.2. The van der Waals surface area contributed by atoms with Crippen LogP contribution in [0.2, 0.25) is 0 Å². The third kappa shape index (κ3) is 53.9. The van der Waals surface area contributed by atoms with E-state index in [0.29, 0.717) is 25.9 Å². The number of ether oxygens (including phenoxy) is 1. The molecule has 0 bridgehead atoms. The standard InChI is InChI=1S/C62H121NO5/c1-3-5-7-9-11-13-15-16-17-18-23-27-30-33-36-40-44-48-52-56-62(67)68-57-53-49-45-41-37-34-31-28-25-22-20-19-21-24-26-29-32-35-39-43-47-51-55-61(66)63-59(58-64)60(65)54-50-46-42-38-14-12-10-8-6-4-2/h21,24,59-60,64-65H,3-20,22-23,25-58H2,1-2H3,(H,63,66)/b24-21-. The summed E-state index contributed by atoms with van der Waals surface area (Å²) >= 11 is 0. The van der Waals surface area contributed by atoms with Crippen molar-refractivity contribution >= 4 is 11.9 Å². The molecule has 404 valence electrons. The number of hydrogen-bond acceptors (Lipinski definition) is 5. The van der Waals surface area contributed by atoms with Gasteiger partial charge in [0.15, 0.2) is 0 Å². The van der Waals surface area contributed by atoms with E-state index < -0.39 is 12.1 Å². The number of carbonyl (C=O) groups is 2. The Labute approximate surface area is 425 Å². The van der Waals surface area contributed by atoms with Gasteiger partial charge in [0, 0.05) is 12.8 Å². The van der Waals surface area contributed by atoms with Crippen LogP contribution in [0.25, 0.3) is 0 Å². The van der Waals surface area contributed by atoms with E-state index in [1.165, 1.54) is 276 Å². The Hall–Kier alpha value is -1.40. The fourth-order valence-electron chi connectivity index (χ4n) is 9.81. The summed E-state index contributed by atoms with van der Waals surface area (Å²) in [6.07, 6.45) is 69.5. The van der Waals surface area contributed by atoms with Crippen LogP contribution in [-0.4, -0.2) is 47.4 Å². The largest absolute Gasteiger partial charge is 0.466 e. The molecule has 2 atom stereocenters. The third-order valence-corrected chi connectivity index (χ3v) is 14.6. The Morgan fingerprint density at radius 1 is 0.397 bits per heavy atom. The number of unbranched alkanes of at least 4 members (excludes halogenated alkanes) is 45. The van der Waals surface area contributed by atoms with Gasteiger partial charge in [-0.25, -0.2) is 0 Å². The van der Waals surface area contributed by atoms with Crippen LogP contribution in [0.5, 0.6) is 0 Å². The molecule has 0 spiro atoms. The molecule has 0 aromatic rings. The molecule has 0 fully saturated rings. The molecular weight excluding hydrogens is 839 g/mol. The molecule has 68 heavy (non-hydrogen) atoms. The second-order valence-corrected chi connectivity index (χ2v) is 21.4. The number of hydrogen-bond donors (Lipinski definition) is 3. The van der Waals surface area contributed by atoms with Crippen molar-refractivity contribution < 1.29 is 24.5 Å². The number of esters is 1. The van der Waals surface area contributed by atoms with E-state index in [0.717, 1.165) is 38.5 Å². The number of aliphatic hydroxyl groups excluding tert-OH is 2. The van der Waals surface area contributed by atoms with Crippen LogP contribution in [0.1, 0.15) is 348 Å². The minimum Gasteiger partial charge on any atom is -0.466 e. The lowest BCUT2D eigenvalue weighted by Crippen LogP contribution is -2.45. The molecule has 6 heteroatoms. The van der Waals surface area contributed by atoms with E-state index in [1.807, 2.05) is 0 Å². The number of rotatable bonds is 58. The molecule has 1 amide bonds. The molecule has 0 saturated carbocycles. The summed E-state index contributed by atoms with van der Waals surface area (Å²) in [6, 6.07) is -0.544. The lowest BCUT2D eigenvalue weighted by Gasteiger charge is -2.22. The first-order chi connectivity index (χ1) is 33.5. The minimum atomic E-state index is -0.666. The Morgan fingerprint density at radius 2 is 0.691 bits per heavy atom. The maximum atomic E-state index is 12.4. The van der Waals surface area contributed by atoms with Gasteiger partial charge in [-0.15, -0.1) is 0 Å². The van der Waals surface area contributed by atoms with Crippen LogP contribution in [0.4, 0.5) is 0 Å². The summed E-state index contributed by atoms with van der Waals surface area (Å²) in [5.41, 5.74) is 0. The van der Waals surface area contributed by atoms with Crippen LogP contribution >= 0.6 is 0 Å². The molecule has 0 radical (unpaired) electrons. The van der Waals surface area contributed by atoms with E-state index in [9.17, 15) is 19.8 Å². The fraction of sp³-hybridized carbons (Fsp3) is 0.935. The Balaban J connectivity index is 3.36. The highest BCUT2D eigenvalue weighted by Gasteiger charge is 2.20. The highest BCUT2D eigenvalue weighted by atomic mass is 16.5. The van der Waals surface area contributed by atoms with Crippen LogP contribution in [0.15, 0.2) is 12.2 Å². The lowest BCUT2D eigenvalue weighted by molar-refractivity contribution is -0.143. The van der Waals surface area contributed by atoms with Crippen LogP contribution in [0.3, 0.4) is 0 Å².